The van der Waals surface area contributed by atoms with Crippen LogP contribution in [0.4, 0.5) is 0 Å². The van der Waals surface area contributed by atoms with E-state index in [9.17, 15) is 4.79 Å². The molecule has 0 aliphatic carbocycles. The average molecular weight is 212 g/mol. The molecule has 0 aliphatic heterocycles. The minimum Gasteiger partial charge on any atom is -0.298 e. The number of rotatable bonds is 6. The Labute approximate surface area is 88.9 Å². The molecule has 0 radical (unpaired) electrons. The molecule has 3 nitrogen and oxygen atoms in total. The van der Waals surface area contributed by atoms with Gasteiger partial charge in [-0.3, -0.25) is 9.48 Å². The number of nitrogens with zero attached hydrogens (tertiary/aromatic N) is 2. The standard InChI is InChI=1S/C10H16N2OS/c1-3-12-7-9(6-11-12)5-10(13)8-14-4-2/h6-7H,3-5,8H2,1-2H3. The van der Waals surface area contributed by atoms with Crippen LogP contribution in [0.2, 0.25) is 0 Å². The van der Waals surface area contributed by atoms with Gasteiger partial charge in [0.15, 0.2) is 0 Å². The zero-order valence-electron chi connectivity index (χ0n) is 8.69. The Kier molecular flexibility index (Phi) is 4.73. The minimum absolute atomic E-state index is 0.285. The van der Waals surface area contributed by atoms with Gasteiger partial charge in [0.1, 0.15) is 5.78 Å². The highest BCUT2D eigenvalue weighted by molar-refractivity contribution is 7.99. The molecule has 0 aliphatic rings. The normalized spacial score (nSPS) is 10.4. The molecule has 14 heavy (non-hydrogen) atoms. The fourth-order valence-corrected chi connectivity index (χ4v) is 1.70. The molecule has 1 aromatic rings. The highest BCUT2D eigenvalue weighted by Gasteiger charge is 2.05. The van der Waals surface area contributed by atoms with Crippen LogP contribution >= 0.6 is 11.8 Å². The van der Waals surface area contributed by atoms with E-state index >= 15 is 0 Å². The summed E-state index contributed by atoms with van der Waals surface area (Å²) in [4.78, 5) is 11.4. The van der Waals surface area contributed by atoms with E-state index in [0.717, 1.165) is 17.9 Å². The smallest absolute Gasteiger partial charge is 0.147 e. The molecule has 1 rings (SSSR count). The summed E-state index contributed by atoms with van der Waals surface area (Å²) in [5.41, 5.74) is 1.02. The van der Waals surface area contributed by atoms with Crippen LogP contribution in [-0.4, -0.2) is 27.1 Å². The second-order valence-corrected chi connectivity index (χ2v) is 4.33. The maximum atomic E-state index is 11.4. The summed E-state index contributed by atoms with van der Waals surface area (Å²) < 4.78 is 1.84. The molecule has 0 unspecified atom stereocenters. The molecular weight excluding hydrogens is 196 g/mol. The van der Waals surface area contributed by atoms with Crippen molar-refractivity contribution >= 4 is 17.5 Å². The lowest BCUT2D eigenvalue weighted by Gasteiger charge is -1.96. The number of aromatic nitrogens is 2. The molecule has 0 saturated carbocycles. The third kappa shape index (κ3) is 3.54. The summed E-state index contributed by atoms with van der Waals surface area (Å²) in [5.74, 6) is 1.90. The molecule has 0 N–H and O–H groups in total. The van der Waals surface area contributed by atoms with Gasteiger partial charge in [-0.25, -0.2) is 0 Å². The fourth-order valence-electron chi connectivity index (χ4n) is 1.17. The first-order valence-corrected chi connectivity index (χ1v) is 6.02. The predicted octanol–water partition coefficient (Wildman–Crippen LogP) is 1.77. The van der Waals surface area contributed by atoms with Crippen molar-refractivity contribution in [1.82, 2.24) is 9.78 Å². The number of Topliss-reactive ketones (excluding diaryl/α,β-unsaturated/α-hetero) is 1. The van der Waals surface area contributed by atoms with E-state index in [2.05, 4.69) is 12.0 Å². The van der Waals surface area contributed by atoms with Gasteiger partial charge in [0.2, 0.25) is 0 Å². The summed E-state index contributed by atoms with van der Waals surface area (Å²) in [5, 5.41) is 4.13. The van der Waals surface area contributed by atoms with Crippen molar-refractivity contribution in [2.24, 2.45) is 0 Å². The Bertz CT molecular complexity index is 296. The van der Waals surface area contributed by atoms with Gasteiger partial charge in [-0.05, 0) is 18.2 Å². The highest BCUT2D eigenvalue weighted by Crippen LogP contribution is 2.04. The summed E-state index contributed by atoms with van der Waals surface area (Å²) in [7, 11) is 0. The second kappa shape index (κ2) is 5.86. The lowest BCUT2D eigenvalue weighted by atomic mass is 10.2. The Morgan fingerprint density at radius 2 is 2.36 bits per heavy atom. The molecule has 0 aromatic carbocycles. The van der Waals surface area contributed by atoms with Crippen LogP contribution in [0.3, 0.4) is 0 Å². The number of hydrogen-bond acceptors (Lipinski definition) is 3. The van der Waals surface area contributed by atoms with Crippen LogP contribution in [-0.2, 0) is 17.8 Å². The number of carbonyl (C=O) groups excluding carboxylic acids is 1. The highest BCUT2D eigenvalue weighted by atomic mass is 32.2. The zero-order chi connectivity index (χ0) is 10.4. The Balaban J connectivity index is 2.39. The van der Waals surface area contributed by atoms with E-state index in [-0.39, 0.29) is 5.78 Å². The zero-order valence-corrected chi connectivity index (χ0v) is 9.51. The SMILES string of the molecule is CCSCC(=O)Cc1cnn(CC)c1. The van der Waals surface area contributed by atoms with Crippen molar-refractivity contribution in [3.05, 3.63) is 18.0 Å². The number of thioether (sulfide) groups is 1. The molecule has 1 heterocycles. The molecule has 0 atom stereocenters. The molecule has 0 saturated heterocycles. The fraction of sp³-hybridized carbons (Fsp3) is 0.600. The van der Waals surface area contributed by atoms with Crippen LogP contribution in [0, 0.1) is 0 Å². The van der Waals surface area contributed by atoms with Gasteiger partial charge in [-0.15, -0.1) is 0 Å². The van der Waals surface area contributed by atoms with Gasteiger partial charge in [-0.1, -0.05) is 6.92 Å². The van der Waals surface area contributed by atoms with Crippen molar-refractivity contribution < 1.29 is 4.79 Å². The molecule has 78 valence electrons. The predicted molar refractivity (Wildman–Crippen MR) is 59.6 cm³/mol. The van der Waals surface area contributed by atoms with E-state index in [0.29, 0.717) is 12.2 Å². The largest absolute Gasteiger partial charge is 0.298 e. The van der Waals surface area contributed by atoms with Gasteiger partial charge >= 0.3 is 0 Å². The first kappa shape index (κ1) is 11.3. The van der Waals surface area contributed by atoms with Crippen molar-refractivity contribution in [3.63, 3.8) is 0 Å². The van der Waals surface area contributed by atoms with Crippen molar-refractivity contribution in [1.29, 1.82) is 0 Å². The topological polar surface area (TPSA) is 34.9 Å². The third-order valence-corrected chi connectivity index (χ3v) is 2.81. The van der Waals surface area contributed by atoms with Crippen molar-refractivity contribution in [2.75, 3.05) is 11.5 Å². The first-order valence-electron chi connectivity index (χ1n) is 4.87. The molecule has 1 aromatic heterocycles. The average Bonchev–Trinajstić information content (AvgIpc) is 2.62. The summed E-state index contributed by atoms with van der Waals surface area (Å²) in [6.07, 6.45) is 4.24. The number of aryl methyl sites for hydroxylation is 1. The van der Waals surface area contributed by atoms with Gasteiger partial charge in [0.25, 0.3) is 0 Å². The van der Waals surface area contributed by atoms with Gasteiger partial charge < -0.3 is 0 Å². The second-order valence-electron chi connectivity index (χ2n) is 3.06. The van der Waals surface area contributed by atoms with Crippen molar-refractivity contribution in [3.8, 4) is 0 Å². The minimum atomic E-state index is 0.285. The van der Waals surface area contributed by atoms with E-state index in [1.165, 1.54) is 0 Å². The Morgan fingerprint density at radius 3 is 2.93 bits per heavy atom. The quantitative estimate of drug-likeness (QED) is 0.721. The third-order valence-electron chi connectivity index (χ3n) is 1.88. The molecule has 0 spiro atoms. The molecule has 0 fully saturated rings. The van der Waals surface area contributed by atoms with Crippen LogP contribution in [0.25, 0.3) is 0 Å². The summed E-state index contributed by atoms with van der Waals surface area (Å²) in [6.45, 7) is 4.95. The maximum absolute atomic E-state index is 11.4. The van der Waals surface area contributed by atoms with E-state index in [1.54, 1.807) is 18.0 Å². The lowest BCUT2D eigenvalue weighted by molar-refractivity contribution is -0.116. The van der Waals surface area contributed by atoms with E-state index in [1.807, 2.05) is 17.8 Å². The van der Waals surface area contributed by atoms with E-state index in [4.69, 9.17) is 0 Å². The number of carbonyl (C=O) groups is 1. The molecule has 0 amide bonds. The monoisotopic (exact) mass is 212 g/mol. The Morgan fingerprint density at radius 1 is 1.57 bits per heavy atom. The van der Waals surface area contributed by atoms with Crippen LogP contribution < -0.4 is 0 Å². The van der Waals surface area contributed by atoms with Crippen LogP contribution in [0.5, 0.6) is 0 Å². The number of ketones is 1. The summed E-state index contributed by atoms with van der Waals surface area (Å²) >= 11 is 1.67. The Hall–Kier alpha value is -0.770. The summed E-state index contributed by atoms with van der Waals surface area (Å²) in [6, 6.07) is 0. The van der Waals surface area contributed by atoms with Gasteiger partial charge in [0.05, 0.1) is 11.9 Å². The maximum Gasteiger partial charge on any atom is 0.147 e. The first-order chi connectivity index (χ1) is 6.76. The van der Waals surface area contributed by atoms with Crippen LogP contribution in [0.15, 0.2) is 12.4 Å². The molecule has 4 heteroatoms. The molecular formula is C10H16N2OS. The van der Waals surface area contributed by atoms with Crippen molar-refractivity contribution in [2.45, 2.75) is 26.8 Å². The number of hydrogen-bond donors (Lipinski definition) is 0. The van der Waals surface area contributed by atoms with Gasteiger partial charge in [-0.2, -0.15) is 16.9 Å². The van der Waals surface area contributed by atoms with E-state index < -0.39 is 0 Å². The van der Waals surface area contributed by atoms with Crippen LogP contribution in [0.1, 0.15) is 19.4 Å². The lowest BCUT2D eigenvalue weighted by Crippen LogP contribution is -2.05. The molecule has 0 bridgehead atoms. The van der Waals surface area contributed by atoms with Gasteiger partial charge in [0, 0.05) is 19.2 Å².